The first kappa shape index (κ1) is 31.5. The SMILES string of the molecule is CCCN(CCC)S(=O)(=O)CCC(=O)NC(Cc1cc(F)cc(F)c1)C(O)CNCc1cccc(I)c1. The predicted octanol–water partition coefficient (Wildman–Crippen LogP) is 3.59. The minimum Gasteiger partial charge on any atom is -0.390 e. The van der Waals surface area contributed by atoms with Gasteiger partial charge in [0.15, 0.2) is 0 Å². The summed E-state index contributed by atoms with van der Waals surface area (Å²) < 4.78 is 55.4. The molecule has 2 unspecified atom stereocenters. The fourth-order valence-corrected chi connectivity index (χ4v) is 6.17. The van der Waals surface area contributed by atoms with Gasteiger partial charge in [-0.15, -0.1) is 0 Å². The van der Waals surface area contributed by atoms with E-state index in [4.69, 9.17) is 0 Å². The summed E-state index contributed by atoms with van der Waals surface area (Å²) in [6.45, 7) is 5.13. The molecule has 2 aromatic rings. The largest absolute Gasteiger partial charge is 0.390 e. The van der Waals surface area contributed by atoms with E-state index in [1.807, 2.05) is 38.1 Å². The number of carbonyl (C=O) groups excluding carboxylic acids is 1. The lowest BCUT2D eigenvalue weighted by atomic mass is 10.0. The zero-order chi connectivity index (χ0) is 27.4. The molecular formula is C26H36F2IN3O4S. The third-order valence-corrected chi connectivity index (χ3v) is 8.23. The van der Waals surface area contributed by atoms with E-state index in [1.54, 1.807) is 0 Å². The number of carbonyl (C=O) groups is 1. The molecule has 0 spiro atoms. The van der Waals surface area contributed by atoms with Crippen molar-refractivity contribution in [2.75, 3.05) is 25.4 Å². The molecule has 0 aliphatic heterocycles. The Labute approximate surface area is 232 Å². The van der Waals surface area contributed by atoms with Gasteiger partial charge in [0.2, 0.25) is 15.9 Å². The summed E-state index contributed by atoms with van der Waals surface area (Å²) in [5.74, 6) is -2.44. The number of nitrogens with zero attached hydrogens (tertiary/aromatic N) is 1. The Morgan fingerprint density at radius 3 is 2.30 bits per heavy atom. The molecular weight excluding hydrogens is 615 g/mol. The molecule has 0 radical (unpaired) electrons. The van der Waals surface area contributed by atoms with E-state index >= 15 is 0 Å². The third kappa shape index (κ3) is 11.3. The van der Waals surface area contributed by atoms with Crippen LogP contribution in [0, 0.1) is 15.2 Å². The third-order valence-electron chi connectivity index (χ3n) is 5.69. The van der Waals surface area contributed by atoms with Crippen LogP contribution >= 0.6 is 22.6 Å². The average Bonchev–Trinajstić information content (AvgIpc) is 2.81. The van der Waals surface area contributed by atoms with Crippen LogP contribution in [0.25, 0.3) is 0 Å². The number of nitrogens with one attached hydrogen (secondary N) is 2. The van der Waals surface area contributed by atoms with Crippen LogP contribution in [0.2, 0.25) is 0 Å². The summed E-state index contributed by atoms with van der Waals surface area (Å²) in [5.41, 5.74) is 1.28. The maximum absolute atomic E-state index is 13.7. The molecule has 7 nitrogen and oxygen atoms in total. The fraction of sp³-hybridized carbons (Fsp3) is 0.500. The quantitative estimate of drug-likeness (QED) is 0.241. The molecule has 37 heavy (non-hydrogen) atoms. The monoisotopic (exact) mass is 651 g/mol. The van der Waals surface area contributed by atoms with E-state index in [0.29, 0.717) is 32.5 Å². The Kier molecular flexibility index (Phi) is 13.4. The van der Waals surface area contributed by atoms with Crippen molar-refractivity contribution in [2.45, 2.75) is 58.2 Å². The highest BCUT2D eigenvalue weighted by Gasteiger charge is 2.25. The molecule has 0 aliphatic carbocycles. The molecule has 0 saturated heterocycles. The molecule has 206 valence electrons. The summed E-state index contributed by atoms with van der Waals surface area (Å²) >= 11 is 2.21. The van der Waals surface area contributed by atoms with Crippen LogP contribution in [0.3, 0.4) is 0 Å². The highest BCUT2D eigenvalue weighted by Crippen LogP contribution is 2.13. The van der Waals surface area contributed by atoms with Gasteiger partial charge in [0.25, 0.3) is 0 Å². The number of rotatable bonds is 16. The van der Waals surface area contributed by atoms with E-state index in [-0.39, 0.29) is 30.7 Å². The molecule has 0 aromatic heterocycles. The number of aliphatic hydroxyl groups excluding tert-OH is 1. The summed E-state index contributed by atoms with van der Waals surface area (Å²) in [4.78, 5) is 12.7. The van der Waals surface area contributed by atoms with Crippen LogP contribution in [-0.4, -0.2) is 61.3 Å². The van der Waals surface area contributed by atoms with Gasteiger partial charge in [-0.25, -0.2) is 21.5 Å². The molecule has 0 bridgehead atoms. The topological polar surface area (TPSA) is 98.7 Å². The van der Waals surface area contributed by atoms with E-state index < -0.39 is 39.7 Å². The van der Waals surface area contributed by atoms with Crippen LogP contribution in [0.5, 0.6) is 0 Å². The zero-order valence-corrected chi connectivity index (χ0v) is 24.2. The lowest BCUT2D eigenvalue weighted by Crippen LogP contribution is -2.49. The van der Waals surface area contributed by atoms with Crippen LogP contribution in [-0.2, 0) is 27.8 Å². The maximum atomic E-state index is 13.7. The molecule has 3 N–H and O–H groups in total. The van der Waals surface area contributed by atoms with E-state index in [0.717, 1.165) is 27.3 Å². The Morgan fingerprint density at radius 2 is 1.70 bits per heavy atom. The smallest absolute Gasteiger partial charge is 0.221 e. The van der Waals surface area contributed by atoms with Crippen molar-refractivity contribution >= 4 is 38.5 Å². The normalized spacial score (nSPS) is 13.5. The Bertz CT molecular complexity index is 1090. The van der Waals surface area contributed by atoms with Crippen molar-refractivity contribution in [1.82, 2.24) is 14.9 Å². The summed E-state index contributed by atoms with van der Waals surface area (Å²) in [5, 5.41) is 16.7. The standard InChI is InChI=1S/C26H36F2IN3O4S/c1-3-9-32(10-4-2)37(35,36)11-8-26(34)31-24(15-20-12-21(27)16-22(28)13-20)25(33)18-30-17-19-6-5-7-23(29)14-19/h5-7,12-14,16,24-25,30,33H,3-4,8-11,15,17-18H2,1-2H3,(H,31,34). The number of benzene rings is 2. The van der Waals surface area contributed by atoms with Gasteiger partial charge in [0.1, 0.15) is 11.6 Å². The van der Waals surface area contributed by atoms with Gasteiger partial charge in [0.05, 0.1) is 17.9 Å². The Balaban J connectivity index is 2.06. The van der Waals surface area contributed by atoms with Gasteiger partial charge in [-0.05, 0) is 77.2 Å². The highest BCUT2D eigenvalue weighted by atomic mass is 127. The molecule has 2 aromatic carbocycles. The predicted molar refractivity (Wildman–Crippen MR) is 149 cm³/mol. The second kappa shape index (κ2) is 15.7. The van der Waals surface area contributed by atoms with Crippen molar-refractivity contribution < 1.29 is 27.1 Å². The van der Waals surface area contributed by atoms with E-state index in [2.05, 4.69) is 33.2 Å². The molecule has 2 rings (SSSR count). The highest BCUT2D eigenvalue weighted by molar-refractivity contribution is 14.1. The average molecular weight is 652 g/mol. The minimum absolute atomic E-state index is 0.0307. The van der Waals surface area contributed by atoms with Crippen LogP contribution in [0.4, 0.5) is 8.78 Å². The Morgan fingerprint density at radius 1 is 1.05 bits per heavy atom. The van der Waals surface area contributed by atoms with Crippen LogP contribution < -0.4 is 10.6 Å². The number of amides is 1. The lowest BCUT2D eigenvalue weighted by Gasteiger charge is -2.25. The fourth-order valence-electron chi connectivity index (χ4n) is 3.94. The zero-order valence-electron chi connectivity index (χ0n) is 21.2. The lowest BCUT2D eigenvalue weighted by molar-refractivity contribution is -0.122. The summed E-state index contributed by atoms with van der Waals surface area (Å²) in [6.07, 6.45) is -0.0795. The molecule has 11 heteroatoms. The van der Waals surface area contributed by atoms with E-state index in [9.17, 15) is 27.1 Å². The molecule has 2 atom stereocenters. The van der Waals surface area contributed by atoms with Gasteiger partial charge >= 0.3 is 0 Å². The Hall–Kier alpha value is -1.67. The van der Waals surface area contributed by atoms with Crippen molar-refractivity contribution in [3.8, 4) is 0 Å². The first-order valence-electron chi connectivity index (χ1n) is 12.4. The van der Waals surface area contributed by atoms with Gasteiger partial charge in [-0.1, -0.05) is 26.0 Å². The second-order valence-corrected chi connectivity index (χ2v) is 12.3. The van der Waals surface area contributed by atoms with Gasteiger partial charge in [0, 0.05) is 42.2 Å². The van der Waals surface area contributed by atoms with Gasteiger partial charge < -0.3 is 15.7 Å². The van der Waals surface area contributed by atoms with Gasteiger partial charge in [-0.3, -0.25) is 4.79 Å². The number of aliphatic hydroxyl groups is 1. The summed E-state index contributed by atoms with van der Waals surface area (Å²) in [7, 11) is -3.62. The van der Waals surface area contributed by atoms with Crippen molar-refractivity contribution in [3.05, 3.63) is 68.8 Å². The van der Waals surface area contributed by atoms with Crippen LogP contribution in [0.1, 0.15) is 44.2 Å². The van der Waals surface area contributed by atoms with Crippen LogP contribution in [0.15, 0.2) is 42.5 Å². The molecule has 0 heterocycles. The number of sulfonamides is 1. The number of hydrogen-bond acceptors (Lipinski definition) is 5. The first-order valence-corrected chi connectivity index (χ1v) is 15.1. The molecule has 0 aliphatic rings. The maximum Gasteiger partial charge on any atom is 0.221 e. The number of halogens is 3. The van der Waals surface area contributed by atoms with Crippen molar-refractivity contribution in [2.24, 2.45) is 0 Å². The van der Waals surface area contributed by atoms with Crippen molar-refractivity contribution in [1.29, 1.82) is 0 Å². The van der Waals surface area contributed by atoms with Crippen molar-refractivity contribution in [3.63, 3.8) is 0 Å². The summed E-state index contributed by atoms with van der Waals surface area (Å²) in [6, 6.07) is 9.98. The number of hydrogen-bond donors (Lipinski definition) is 3. The molecule has 0 fully saturated rings. The second-order valence-electron chi connectivity index (χ2n) is 8.95. The molecule has 0 saturated carbocycles. The minimum atomic E-state index is -3.62. The van der Waals surface area contributed by atoms with E-state index in [1.165, 1.54) is 4.31 Å². The molecule has 1 amide bonds. The van der Waals surface area contributed by atoms with Gasteiger partial charge in [-0.2, -0.15) is 0 Å². The first-order chi connectivity index (χ1) is 17.5.